The molecule has 2 atom stereocenters. The Morgan fingerprint density at radius 3 is 2.56 bits per heavy atom. The molecule has 3 heteroatoms. The number of carbonyl (C=O) groups is 1. The van der Waals surface area contributed by atoms with Crippen LogP contribution in [-0.2, 0) is 4.79 Å². The topological polar surface area (TPSA) is 40.5 Å². The number of nitrogens with zero attached hydrogens (tertiary/aromatic N) is 1. The van der Waals surface area contributed by atoms with E-state index in [9.17, 15) is 4.79 Å². The molecule has 1 saturated carbocycles. The summed E-state index contributed by atoms with van der Waals surface area (Å²) in [6.45, 7) is 6.77. The lowest BCUT2D eigenvalue weighted by molar-refractivity contribution is -0.148. The van der Waals surface area contributed by atoms with Crippen molar-refractivity contribution in [2.75, 3.05) is 13.6 Å². The molecule has 3 nitrogen and oxygen atoms in total. The standard InChI is InChI=1S/C13H25NO2/c1-10-6-5-7-11(8-10)9-14(4)13(2,3)12(15)16/h10-11H,5-9H2,1-4H3,(H,15,16). The molecule has 0 saturated heterocycles. The normalized spacial score (nSPS) is 27.1. The van der Waals surface area contributed by atoms with E-state index < -0.39 is 11.5 Å². The van der Waals surface area contributed by atoms with Gasteiger partial charge in [-0.3, -0.25) is 9.69 Å². The third kappa shape index (κ3) is 3.21. The maximum absolute atomic E-state index is 11.1. The average molecular weight is 227 g/mol. The van der Waals surface area contributed by atoms with Crippen molar-refractivity contribution in [3.05, 3.63) is 0 Å². The molecule has 94 valence electrons. The first-order valence-electron chi connectivity index (χ1n) is 6.28. The summed E-state index contributed by atoms with van der Waals surface area (Å²) >= 11 is 0. The van der Waals surface area contributed by atoms with Gasteiger partial charge in [0.05, 0.1) is 0 Å². The molecule has 0 aromatic carbocycles. The van der Waals surface area contributed by atoms with Crippen molar-refractivity contribution in [2.45, 2.75) is 52.0 Å². The minimum Gasteiger partial charge on any atom is -0.480 e. The molecule has 0 radical (unpaired) electrons. The molecule has 0 bridgehead atoms. The van der Waals surface area contributed by atoms with Crippen LogP contribution in [0.2, 0.25) is 0 Å². The fourth-order valence-corrected chi connectivity index (χ4v) is 2.50. The predicted octanol–water partition coefficient (Wildman–Crippen LogP) is 2.61. The molecular formula is C13H25NO2. The molecule has 1 aliphatic carbocycles. The van der Waals surface area contributed by atoms with Gasteiger partial charge < -0.3 is 5.11 Å². The highest BCUT2D eigenvalue weighted by atomic mass is 16.4. The second-order valence-corrected chi connectivity index (χ2v) is 5.88. The quantitative estimate of drug-likeness (QED) is 0.802. The number of carboxylic acid groups (broad SMARTS) is 1. The Hall–Kier alpha value is -0.570. The van der Waals surface area contributed by atoms with Gasteiger partial charge in [0, 0.05) is 6.54 Å². The van der Waals surface area contributed by atoms with Crippen molar-refractivity contribution in [1.82, 2.24) is 4.90 Å². The molecule has 0 spiro atoms. The van der Waals surface area contributed by atoms with Crippen molar-refractivity contribution in [3.8, 4) is 0 Å². The van der Waals surface area contributed by atoms with Crippen LogP contribution in [0.3, 0.4) is 0 Å². The highest BCUT2D eigenvalue weighted by molar-refractivity contribution is 5.77. The summed E-state index contributed by atoms with van der Waals surface area (Å²) in [4.78, 5) is 13.1. The van der Waals surface area contributed by atoms with E-state index in [1.165, 1.54) is 25.7 Å². The Balaban J connectivity index is 2.50. The van der Waals surface area contributed by atoms with Gasteiger partial charge in [0.15, 0.2) is 0 Å². The average Bonchev–Trinajstić information content (AvgIpc) is 2.17. The van der Waals surface area contributed by atoms with E-state index in [1.807, 2.05) is 11.9 Å². The van der Waals surface area contributed by atoms with Gasteiger partial charge >= 0.3 is 5.97 Å². The van der Waals surface area contributed by atoms with Crippen LogP contribution in [0.25, 0.3) is 0 Å². The van der Waals surface area contributed by atoms with Crippen LogP contribution in [0, 0.1) is 11.8 Å². The minimum atomic E-state index is -0.749. The first-order valence-corrected chi connectivity index (χ1v) is 6.28. The smallest absolute Gasteiger partial charge is 0.323 e. The second-order valence-electron chi connectivity index (χ2n) is 5.88. The van der Waals surface area contributed by atoms with E-state index >= 15 is 0 Å². The lowest BCUT2D eigenvalue weighted by atomic mass is 9.82. The molecule has 0 amide bonds. The molecule has 1 N–H and O–H groups in total. The maximum atomic E-state index is 11.1. The van der Waals surface area contributed by atoms with Crippen molar-refractivity contribution < 1.29 is 9.90 Å². The van der Waals surface area contributed by atoms with Crippen molar-refractivity contribution in [2.24, 2.45) is 11.8 Å². The molecule has 1 aliphatic rings. The fraction of sp³-hybridized carbons (Fsp3) is 0.923. The highest BCUT2D eigenvalue weighted by Gasteiger charge is 2.33. The number of carboxylic acids is 1. The van der Waals surface area contributed by atoms with E-state index in [-0.39, 0.29) is 0 Å². The molecule has 2 unspecified atom stereocenters. The van der Waals surface area contributed by atoms with Crippen LogP contribution < -0.4 is 0 Å². The lowest BCUT2D eigenvalue weighted by Crippen LogP contribution is -2.49. The van der Waals surface area contributed by atoms with Gasteiger partial charge in [-0.05, 0) is 45.6 Å². The number of aliphatic carboxylic acids is 1. The summed E-state index contributed by atoms with van der Waals surface area (Å²) in [7, 11) is 1.92. The first kappa shape index (κ1) is 13.5. The van der Waals surface area contributed by atoms with E-state index in [0.717, 1.165) is 12.5 Å². The molecular weight excluding hydrogens is 202 g/mol. The third-order valence-corrected chi connectivity index (χ3v) is 4.05. The number of likely N-dealkylation sites (N-methyl/N-ethyl adjacent to an activating group) is 1. The van der Waals surface area contributed by atoms with Crippen molar-refractivity contribution in [1.29, 1.82) is 0 Å². The number of rotatable bonds is 4. The van der Waals surface area contributed by atoms with Crippen LogP contribution in [0.15, 0.2) is 0 Å². The van der Waals surface area contributed by atoms with Crippen LogP contribution in [0.4, 0.5) is 0 Å². The summed E-state index contributed by atoms with van der Waals surface area (Å²) in [6, 6.07) is 0. The maximum Gasteiger partial charge on any atom is 0.323 e. The summed E-state index contributed by atoms with van der Waals surface area (Å²) in [5.41, 5.74) is -0.749. The fourth-order valence-electron chi connectivity index (χ4n) is 2.50. The number of hydrogen-bond donors (Lipinski definition) is 1. The van der Waals surface area contributed by atoms with Crippen molar-refractivity contribution >= 4 is 5.97 Å². The molecule has 0 aromatic heterocycles. The molecule has 0 heterocycles. The monoisotopic (exact) mass is 227 g/mol. The summed E-state index contributed by atoms with van der Waals surface area (Å²) in [5.74, 6) is 0.742. The predicted molar refractivity (Wildman–Crippen MR) is 65.5 cm³/mol. The summed E-state index contributed by atoms with van der Waals surface area (Å²) in [5, 5.41) is 9.15. The molecule has 16 heavy (non-hydrogen) atoms. The van der Waals surface area contributed by atoms with E-state index in [1.54, 1.807) is 13.8 Å². The zero-order chi connectivity index (χ0) is 12.3. The van der Waals surface area contributed by atoms with Crippen LogP contribution in [-0.4, -0.2) is 35.1 Å². The Kier molecular flexibility index (Phi) is 4.36. The van der Waals surface area contributed by atoms with Crippen LogP contribution >= 0.6 is 0 Å². The third-order valence-electron chi connectivity index (χ3n) is 4.05. The summed E-state index contributed by atoms with van der Waals surface area (Å²) in [6.07, 6.45) is 5.14. The van der Waals surface area contributed by atoms with Gasteiger partial charge in [0.1, 0.15) is 5.54 Å². The Labute approximate surface area is 98.8 Å². The van der Waals surface area contributed by atoms with Crippen LogP contribution in [0.5, 0.6) is 0 Å². The van der Waals surface area contributed by atoms with Gasteiger partial charge in [-0.1, -0.05) is 19.8 Å². The van der Waals surface area contributed by atoms with Gasteiger partial charge in [-0.2, -0.15) is 0 Å². The number of hydrogen-bond acceptors (Lipinski definition) is 2. The second kappa shape index (κ2) is 5.17. The van der Waals surface area contributed by atoms with E-state index in [2.05, 4.69) is 6.92 Å². The van der Waals surface area contributed by atoms with E-state index in [0.29, 0.717) is 5.92 Å². The Morgan fingerprint density at radius 1 is 1.44 bits per heavy atom. The minimum absolute atomic E-state index is 0.673. The molecule has 1 rings (SSSR count). The largest absolute Gasteiger partial charge is 0.480 e. The summed E-state index contributed by atoms with van der Waals surface area (Å²) < 4.78 is 0. The Bertz CT molecular complexity index is 250. The van der Waals surface area contributed by atoms with Crippen molar-refractivity contribution in [3.63, 3.8) is 0 Å². The van der Waals surface area contributed by atoms with Gasteiger partial charge in [-0.25, -0.2) is 0 Å². The Morgan fingerprint density at radius 2 is 2.06 bits per heavy atom. The van der Waals surface area contributed by atoms with Gasteiger partial charge in [0.2, 0.25) is 0 Å². The lowest BCUT2D eigenvalue weighted by Gasteiger charge is -2.36. The van der Waals surface area contributed by atoms with E-state index in [4.69, 9.17) is 5.11 Å². The van der Waals surface area contributed by atoms with Crippen LogP contribution in [0.1, 0.15) is 46.5 Å². The zero-order valence-corrected chi connectivity index (χ0v) is 11.0. The molecule has 0 aromatic rings. The first-order chi connectivity index (χ1) is 7.34. The van der Waals surface area contributed by atoms with Gasteiger partial charge in [-0.15, -0.1) is 0 Å². The zero-order valence-electron chi connectivity index (χ0n) is 11.0. The molecule has 1 fully saturated rings. The highest BCUT2D eigenvalue weighted by Crippen LogP contribution is 2.30. The van der Waals surface area contributed by atoms with Gasteiger partial charge in [0.25, 0.3) is 0 Å². The SMILES string of the molecule is CC1CCCC(CN(C)C(C)(C)C(=O)O)C1. The molecule has 0 aliphatic heterocycles.